The summed E-state index contributed by atoms with van der Waals surface area (Å²) in [6.07, 6.45) is 0.736. The third kappa shape index (κ3) is 2.17. The van der Waals surface area contributed by atoms with Gasteiger partial charge in [0.1, 0.15) is 0 Å². The van der Waals surface area contributed by atoms with Crippen LogP contribution in [0.2, 0.25) is 0 Å². The van der Waals surface area contributed by atoms with Gasteiger partial charge in [-0.15, -0.1) is 0 Å². The van der Waals surface area contributed by atoms with E-state index in [0.29, 0.717) is 0 Å². The van der Waals surface area contributed by atoms with Crippen LogP contribution >= 0.6 is 0 Å². The predicted molar refractivity (Wildman–Crippen MR) is 25.8 cm³/mol. The van der Waals surface area contributed by atoms with Crippen LogP contribution in [-0.4, -0.2) is 24.7 Å². The predicted octanol–water partition coefficient (Wildman–Crippen LogP) is -0.885. The Morgan fingerprint density at radius 1 is 1.71 bits per heavy atom. The molecular weight excluding hydrogens is 94.0 g/mol. The molecule has 0 radical (unpaired) electrons. The highest BCUT2D eigenvalue weighted by atomic mass is 16.2. The van der Waals surface area contributed by atoms with Gasteiger partial charge in [-0.2, -0.15) is 0 Å². The van der Waals surface area contributed by atoms with E-state index in [4.69, 9.17) is 5.11 Å². The molecule has 3 heteroatoms. The fourth-order valence-corrected chi connectivity index (χ4v) is 0.227. The second kappa shape index (κ2) is 3.61. The molecule has 0 atom stereocenters. The number of carbonyl (C=O) groups excluding carboxylic acids is 1. The van der Waals surface area contributed by atoms with Crippen molar-refractivity contribution in [3.05, 3.63) is 0 Å². The van der Waals surface area contributed by atoms with Crippen LogP contribution in [0.1, 0.15) is 6.42 Å². The first-order valence-corrected chi connectivity index (χ1v) is 2.11. The first kappa shape index (κ1) is 6.43. The topological polar surface area (TPSA) is 49.3 Å². The summed E-state index contributed by atoms with van der Waals surface area (Å²) in [5, 5.41) is 9.57. The fourth-order valence-electron chi connectivity index (χ4n) is 0.227. The summed E-state index contributed by atoms with van der Waals surface area (Å²) < 4.78 is 0. The smallest absolute Gasteiger partial charge is 0.221 e. The largest absolute Gasteiger partial charge is 0.400 e. The Morgan fingerprint density at radius 3 is 2.00 bits per heavy atom. The molecule has 0 aliphatic carbocycles. The lowest BCUT2D eigenvalue weighted by Crippen LogP contribution is -2.37. The van der Waals surface area contributed by atoms with Crippen LogP contribution in [0.4, 0.5) is 0 Å². The minimum atomic E-state index is 0.185. The Balaban J connectivity index is 0.000000162. The van der Waals surface area contributed by atoms with Crippen molar-refractivity contribution in [2.75, 3.05) is 13.7 Å². The molecular formula is C4H9NO2. The number of carbonyl (C=O) groups is 1. The quantitative estimate of drug-likeness (QED) is 0.391. The molecule has 1 aliphatic heterocycles. The molecule has 1 fully saturated rings. The lowest BCUT2D eigenvalue weighted by Gasteiger charge is -2.10. The molecule has 1 rings (SSSR count). The van der Waals surface area contributed by atoms with Crippen LogP contribution in [0, 0.1) is 0 Å². The molecule has 42 valence electrons. The van der Waals surface area contributed by atoms with Gasteiger partial charge >= 0.3 is 0 Å². The Bertz CT molecular complexity index is 56.7. The average Bonchev–Trinajstić information content (AvgIpc) is 1.68. The third-order valence-corrected chi connectivity index (χ3v) is 0.674. The van der Waals surface area contributed by atoms with Crippen molar-refractivity contribution in [2.24, 2.45) is 0 Å². The number of aliphatic hydroxyl groups is 1. The summed E-state index contributed by atoms with van der Waals surface area (Å²) in [7, 11) is 1.00. The van der Waals surface area contributed by atoms with Gasteiger partial charge < -0.3 is 10.4 Å². The van der Waals surface area contributed by atoms with E-state index >= 15 is 0 Å². The molecule has 1 aliphatic rings. The maximum atomic E-state index is 9.79. The molecule has 0 aromatic rings. The molecule has 1 heterocycles. The van der Waals surface area contributed by atoms with Crippen LogP contribution in [0.5, 0.6) is 0 Å². The normalized spacial score (nSPS) is 15.4. The maximum Gasteiger partial charge on any atom is 0.221 e. The van der Waals surface area contributed by atoms with Gasteiger partial charge in [-0.25, -0.2) is 0 Å². The number of rotatable bonds is 0. The molecule has 0 unspecified atom stereocenters. The highest BCUT2D eigenvalue weighted by Gasteiger charge is 2.07. The standard InChI is InChI=1S/C3H5NO.CH4O/c5-3-1-2-4-3;1-2/h1-2H2,(H,4,5);2H,1H3. The zero-order valence-electron chi connectivity index (χ0n) is 4.27. The van der Waals surface area contributed by atoms with Crippen molar-refractivity contribution in [3.8, 4) is 0 Å². The van der Waals surface area contributed by atoms with Crippen molar-refractivity contribution < 1.29 is 9.90 Å². The molecule has 1 saturated heterocycles. The van der Waals surface area contributed by atoms with E-state index in [1.165, 1.54) is 0 Å². The summed E-state index contributed by atoms with van der Waals surface area (Å²) in [4.78, 5) is 9.79. The third-order valence-electron chi connectivity index (χ3n) is 0.674. The highest BCUT2D eigenvalue weighted by molar-refractivity contribution is 5.81. The highest BCUT2D eigenvalue weighted by Crippen LogP contribution is 1.85. The van der Waals surface area contributed by atoms with E-state index in [1.807, 2.05) is 0 Å². The first-order valence-electron chi connectivity index (χ1n) is 2.11. The van der Waals surface area contributed by atoms with E-state index < -0.39 is 0 Å². The zero-order valence-corrected chi connectivity index (χ0v) is 4.27. The monoisotopic (exact) mass is 103 g/mol. The average molecular weight is 103 g/mol. The first-order chi connectivity index (χ1) is 3.39. The molecule has 0 aromatic carbocycles. The molecule has 0 saturated carbocycles. The Morgan fingerprint density at radius 2 is 2.00 bits per heavy atom. The van der Waals surface area contributed by atoms with E-state index in [2.05, 4.69) is 5.32 Å². The minimum absolute atomic E-state index is 0.185. The minimum Gasteiger partial charge on any atom is -0.400 e. The van der Waals surface area contributed by atoms with Crippen LogP contribution in [0.25, 0.3) is 0 Å². The molecule has 0 spiro atoms. The molecule has 3 nitrogen and oxygen atoms in total. The molecule has 2 N–H and O–H groups in total. The molecule has 0 aromatic heterocycles. The number of amides is 1. The number of aliphatic hydroxyl groups excluding tert-OH is 1. The summed E-state index contributed by atoms with van der Waals surface area (Å²) in [6, 6.07) is 0. The summed E-state index contributed by atoms with van der Waals surface area (Å²) in [5.74, 6) is 0.185. The van der Waals surface area contributed by atoms with Crippen molar-refractivity contribution in [1.29, 1.82) is 0 Å². The maximum absolute atomic E-state index is 9.79. The molecule has 1 amide bonds. The number of hydrogen-bond donors (Lipinski definition) is 2. The van der Waals surface area contributed by atoms with Gasteiger partial charge in [0.2, 0.25) is 5.91 Å². The Kier molecular flexibility index (Phi) is 3.32. The fraction of sp³-hybridized carbons (Fsp3) is 0.750. The second-order valence-corrected chi connectivity index (χ2v) is 1.10. The molecule has 7 heavy (non-hydrogen) atoms. The van der Waals surface area contributed by atoms with Gasteiger partial charge in [0, 0.05) is 20.1 Å². The summed E-state index contributed by atoms with van der Waals surface area (Å²) >= 11 is 0. The Labute approximate surface area is 42.3 Å². The van der Waals surface area contributed by atoms with Gasteiger partial charge in [-0.05, 0) is 0 Å². The van der Waals surface area contributed by atoms with Crippen molar-refractivity contribution in [1.82, 2.24) is 5.32 Å². The van der Waals surface area contributed by atoms with Gasteiger partial charge in [0.05, 0.1) is 0 Å². The van der Waals surface area contributed by atoms with Gasteiger partial charge in [0.25, 0.3) is 0 Å². The van der Waals surface area contributed by atoms with Crippen LogP contribution < -0.4 is 5.32 Å². The van der Waals surface area contributed by atoms with Crippen LogP contribution in [0.15, 0.2) is 0 Å². The zero-order chi connectivity index (χ0) is 5.70. The van der Waals surface area contributed by atoms with E-state index in [1.54, 1.807) is 0 Å². The van der Waals surface area contributed by atoms with Gasteiger partial charge in [0.15, 0.2) is 0 Å². The van der Waals surface area contributed by atoms with E-state index in [-0.39, 0.29) is 5.91 Å². The van der Waals surface area contributed by atoms with Crippen molar-refractivity contribution in [3.63, 3.8) is 0 Å². The lowest BCUT2D eigenvalue weighted by atomic mass is 10.3. The van der Waals surface area contributed by atoms with Gasteiger partial charge in [-0.1, -0.05) is 0 Å². The second-order valence-electron chi connectivity index (χ2n) is 1.10. The number of β-lactam (4-membered cyclic amide) rings is 1. The summed E-state index contributed by atoms with van der Waals surface area (Å²) in [6.45, 7) is 0.888. The van der Waals surface area contributed by atoms with Crippen molar-refractivity contribution >= 4 is 5.91 Å². The van der Waals surface area contributed by atoms with E-state index in [0.717, 1.165) is 20.1 Å². The number of nitrogens with one attached hydrogen (secondary N) is 1. The number of hydrogen-bond acceptors (Lipinski definition) is 2. The molecule has 0 bridgehead atoms. The van der Waals surface area contributed by atoms with Gasteiger partial charge in [-0.3, -0.25) is 4.79 Å². The van der Waals surface area contributed by atoms with Crippen LogP contribution in [-0.2, 0) is 4.79 Å². The van der Waals surface area contributed by atoms with E-state index in [9.17, 15) is 4.79 Å². The van der Waals surface area contributed by atoms with Crippen molar-refractivity contribution in [2.45, 2.75) is 6.42 Å². The lowest BCUT2D eigenvalue weighted by molar-refractivity contribution is -0.125. The Hall–Kier alpha value is -0.570. The van der Waals surface area contributed by atoms with Crippen LogP contribution in [0.3, 0.4) is 0 Å². The SMILES string of the molecule is CO.O=C1CCN1. The summed E-state index contributed by atoms with van der Waals surface area (Å²) in [5.41, 5.74) is 0.